The molecule has 0 saturated heterocycles. The first-order valence-corrected chi connectivity index (χ1v) is 4.54. The van der Waals surface area contributed by atoms with Crippen molar-refractivity contribution in [3.63, 3.8) is 0 Å². The molecule has 1 unspecified atom stereocenters. The van der Waals surface area contributed by atoms with E-state index in [1.54, 1.807) is 0 Å². The molecule has 3 heteroatoms. The molecular formula is C9H15N3. The summed E-state index contributed by atoms with van der Waals surface area (Å²) in [4.78, 5) is 0. The van der Waals surface area contributed by atoms with Crippen LogP contribution in [-0.2, 0) is 13.0 Å². The van der Waals surface area contributed by atoms with Crippen LogP contribution in [0.4, 0.5) is 0 Å². The predicted octanol–water partition coefficient (Wildman–Crippen LogP) is 0.855. The maximum atomic E-state index is 5.88. The number of nitrogens with zero attached hydrogens (tertiary/aromatic N) is 2. The number of rotatable bonds is 0. The van der Waals surface area contributed by atoms with Gasteiger partial charge in [-0.1, -0.05) is 0 Å². The van der Waals surface area contributed by atoms with Crippen LogP contribution in [0.3, 0.4) is 0 Å². The van der Waals surface area contributed by atoms with Gasteiger partial charge in [0.15, 0.2) is 0 Å². The van der Waals surface area contributed by atoms with E-state index in [1.165, 1.54) is 11.3 Å². The maximum Gasteiger partial charge on any atom is 0.0521 e. The van der Waals surface area contributed by atoms with Crippen molar-refractivity contribution in [1.29, 1.82) is 0 Å². The first-order chi connectivity index (χ1) is 5.77. The third kappa shape index (κ3) is 1.25. The molecule has 0 aliphatic carbocycles. The lowest BCUT2D eigenvalue weighted by molar-refractivity contribution is 0.527. The molecule has 0 radical (unpaired) electrons. The highest BCUT2D eigenvalue weighted by molar-refractivity contribution is 5.16. The van der Waals surface area contributed by atoms with Crippen LogP contribution in [0, 0.1) is 6.92 Å². The fraction of sp³-hybridized carbons (Fsp3) is 0.667. The van der Waals surface area contributed by atoms with Gasteiger partial charge in [0.05, 0.1) is 6.20 Å². The van der Waals surface area contributed by atoms with E-state index in [4.69, 9.17) is 5.73 Å². The number of aromatic nitrogens is 2. The SMILES string of the molecule is Cc1cnn2c1CCC(N)CC2. The van der Waals surface area contributed by atoms with Crippen molar-refractivity contribution in [2.24, 2.45) is 5.73 Å². The van der Waals surface area contributed by atoms with E-state index in [0.717, 1.165) is 25.8 Å². The molecule has 0 amide bonds. The van der Waals surface area contributed by atoms with Crippen molar-refractivity contribution in [2.75, 3.05) is 0 Å². The van der Waals surface area contributed by atoms with E-state index in [0.29, 0.717) is 6.04 Å². The molecule has 0 bridgehead atoms. The first-order valence-electron chi connectivity index (χ1n) is 4.54. The zero-order chi connectivity index (χ0) is 8.55. The van der Waals surface area contributed by atoms with Crippen LogP contribution in [0.1, 0.15) is 24.1 Å². The third-order valence-electron chi connectivity index (χ3n) is 2.62. The van der Waals surface area contributed by atoms with E-state index in [1.807, 2.05) is 6.20 Å². The van der Waals surface area contributed by atoms with Crippen LogP contribution < -0.4 is 5.73 Å². The summed E-state index contributed by atoms with van der Waals surface area (Å²) in [7, 11) is 0. The Balaban J connectivity index is 2.28. The van der Waals surface area contributed by atoms with Gasteiger partial charge in [-0.05, 0) is 31.7 Å². The summed E-state index contributed by atoms with van der Waals surface area (Å²) in [6.07, 6.45) is 5.21. The molecule has 1 aromatic heterocycles. The lowest BCUT2D eigenvalue weighted by Crippen LogP contribution is -2.20. The normalized spacial score (nSPS) is 23.3. The molecular weight excluding hydrogens is 150 g/mol. The third-order valence-corrected chi connectivity index (χ3v) is 2.62. The second-order valence-corrected chi connectivity index (χ2v) is 3.58. The first kappa shape index (κ1) is 7.80. The van der Waals surface area contributed by atoms with Crippen LogP contribution in [0.25, 0.3) is 0 Å². The second kappa shape index (κ2) is 2.90. The van der Waals surface area contributed by atoms with E-state index < -0.39 is 0 Å². The molecule has 1 aliphatic rings. The molecule has 66 valence electrons. The quantitative estimate of drug-likeness (QED) is 0.619. The highest BCUT2D eigenvalue weighted by atomic mass is 15.3. The minimum absolute atomic E-state index is 0.367. The fourth-order valence-corrected chi connectivity index (χ4v) is 1.78. The molecule has 1 aliphatic heterocycles. The molecule has 1 aromatic rings. The highest BCUT2D eigenvalue weighted by Gasteiger charge is 2.14. The van der Waals surface area contributed by atoms with E-state index in [9.17, 15) is 0 Å². The molecule has 3 nitrogen and oxygen atoms in total. The second-order valence-electron chi connectivity index (χ2n) is 3.58. The van der Waals surface area contributed by atoms with E-state index in [2.05, 4.69) is 16.7 Å². The summed E-state index contributed by atoms with van der Waals surface area (Å²) in [5, 5.41) is 4.31. The Hall–Kier alpha value is -0.830. The van der Waals surface area contributed by atoms with Gasteiger partial charge in [-0.15, -0.1) is 0 Å². The summed E-state index contributed by atoms with van der Waals surface area (Å²) in [5.41, 5.74) is 8.57. The van der Waals surface area contributed by atoms with Crippen LogP contribution >= 0.6 is 0 Å². The number of hydrogen-bond donors (Lipinski definition) is 1. The fourth-order valence-electron chi connectivity index (χ4n) is 1.78. The molecule has 2 N–H and O–H groups in total. The van der Waals surface area contributed by atoms with Gasteiger partial charge in [0, 0.05) is 18.3 Å². The predicted molar refractivity (Wildman–Crippen MR) is 47.9 cm³/mol. The summed E-state index contributed by atoms with van der Waals surface area (Å²) < 4.78 is 2.10. The van der Waals surface area contributed by atoms with Crippen molar-refractivity contribution >= 4 is 0 Å². The summed E-state index contributed by atoms with van der Waals surface area (Å²) in [6.45, 7) is 3.11. The van der Waals surface area contributed by atoms with Gasteiger partial charge in [0.25, 0.3) is 0 Å². The Morgan fingerprint density at radius 2 is 2.42 bits per heavy atom. The van der Waals surface area contributed by atoms with E-state index in [-0.39, 0.29) is 0 Å². The average Bonchev–Trinajstić information content (AvgIpc) is 2.28. The average molecular weight is 165 g/mol. The molecule has 1 atom stereocenters. The van der Waals surface area contributed by atoms with Gasteiger partial charge < -0.3 is 5.73 Å². The number of hydrogen-bond acceptors (Lipinski definition) is 2. The lowest BCUT2D eigenvalue weighted by atomic mass is 10.1. The monoisotopic (exact) mass is 165 g/mol. The van der Waals surface area contributed by atoms with Crippen LogP contribution in [0.2, 0.25) is 0 Å². The highest BCUT2D eigenvalue weighted by Crippen LogP contribution is 2.16. The molecule has 0 spiro atoms. The topological polar surface area (TPSA) is 43.8 Å². The molecule has 0 saturated carbocycles. The van der Waals surface area contributed by atoms with Crippen molar-refractivity contribution in [3.8, 4) is 0 Å². The van der Waals surface area contributed by atoms with Gasteiger partial charge in [-0.25, -0.2) is 0 Å². The smallest absolute Gasteiger partial charge is 0.0521 e. The summed E-state index contributed by atoms with van der Waals surface area (Å²) in [6, 6.07) is 0.367. The number of nitrogens with two attached hydrogens (primary N) is 1. The Bertz CT molecular complexity index is 277. The number of aryl methyl sites for hydroxylation is 2. The van der Waals surface area contributed by atoms with Crippen LogP contribution in [-0.4, -0.2) is 15.8 Å². The zero-order valence-corrected chi connectivity index (χ0v) is 7.45. The van der Waals surface area contributed by atoms with Gasteiger partial charge in [0.2, 0.25) is 0 Å². The minimum Gasteiger partial charge on any atom is -0.328 e. The lowest BCUT2D eigenvalue weighted by Gasteiger charge is -2.04. The molecule has 12 heavy (non-hydrogen) atoms. The van der Waals surface area contributed by atoms with E-state index >= 15 is 0 Å². The van der Waals surface area contributed by atoms with Crippen molar-refractivity contribution in [2.45, 2.75) is 38.8 Å². The van der Waals surface area contributed by atoms with Gasteiger partial charge >= 0.3 is 0 Å². The molecule has 2 heterocycles. The van der Waals surface area contributed by atoms with Gasteiger partial charge in [-0.3, -0.25) is 4.68 Å². The Labute approximate surface area is 72.6 Å². The summed E-state index contributed by atoms with van der Waals surface area (Å²) in [5.74, 6) is 0. The molecule has 0 fully saturated rings. The standard InChI is InChI=1S/C9H15N3/c1-7-6-11-12-5-4-8(10)2-3-9(7)12/h6,8H,2-5,10H2,1H3. The van der Waals surface area contributed by atoms with Crippen molar-refractivity contribution in [1.82, 2.24) is 9.78 Å². The largest absolute Gasteiger partial charge is 0.328 e. The number of fused-ring (bicyclic) bond motifs is 1. The van der Waals surface area contributed by atoms with Crippen LogP contribution in [0.5, 0.6) is 0 Å². The Morgan fingerprint density at radius 1 is 1.58 bits per heavy atom. The Morgan fingerprint density at radius 3 is 3.25 bits per heavy atom. The summed E-state index contributed by atoms with van der Waals surface area (Å²) >= 11 is 0. The Kier molecular flexibility index (Phi) is 1.89. The van der Waals surface area contributed by atoms with Crippen LogP contribution in [0.15, 0.2) is 6.20 Å². The molecule has 2 rings (SSSR count). The maximum absolute atomic E-state index is 5.88. The zero-order valence-electron chi connectivity index (χ0n) is 7.45. The van der Waals surface area contributed by atoms with Gasteiger partial charge in [0.1, 0.15) is 0 Å². The van der Waals surface area contributed by atoms with Crippen molar-refractivity contribution in [3.05, 3.63) is 17.5 Å². The molecule has 0 aromatic carbocycles. The van der Waals surface area contributed by atoms with Gasteiger partial charge in [-0.2, -0.15) is 5.10 Å². The van der Waals surface area contributed by atoms with Crippen molar-refractivity contribution < 1.29 is 0 Å². The minimum atomic E-state index is 0.367.